The van der Waals surface area contributed by atoms with Gasteiger partial charge in [0.2, 0.25) is 0 Å². The number of hydrogen-bond acceptors (Lipinski definition) is 11. The molecule has 3 atom stereocenters. The summed E-state index contributed by atoms with van der Waals surface area (Å²) >= 11 is 0. The molecule has 554 valence electrons. The summed E-state index contributed by atoms with van der Waals surface area (Å²) in [6.45, 7) is 21.0. The van der Waals surface area contributed by atoms with E-state index >= 15 is 0 Å². The van der Waals surface area contributed by atoms with E-state index in [4.69, 9.17) is 37.9 Å². The summed E-state index contributed by atoms with van der Waals surface area (Å²) in [4.78, 5) is 37.7. The van der Waals surface area contributed by atoms with Crippen LogP contribution >= 0.6 is 0 Å². The lowest BCUT2D eigenvalue weighted by Crippen LogP contribution is -2.12. The Balaban J connectivity index is 0.000000248. The second-order valence-corrected chi connectivity index (χ2v) is 27.2. The maximum Gasteiger partial charge on any atom is 0.343 e. The molecule has 11 nitrogen and oxygen atoms in total. The van der Waals surface area contributed by atoms with Crippen LogP contribution in [-0.2, 0) is 0 Å². The Morgan fingerprint density at radius 1 is 0.252 bits per heavy atom. The Morgan fingerprint density at radius 3 is 0.777 bits per heavy atom. The lowest BCUT2D eigenvalue weighted by atomic mass is 10.0. The predicted molar refractivity (Wildman–Crippen MR) is 423 cm³/mol. The van der Waals surface area contributed by atoms with Crippen molar-refractivity contribution in [1.82, 2.24) is 0 Å². The van der Waals surface area contributed by atoms with Gasteiger partial charge < -0.3 is 37.9 Å². The third-order valence-corrected chi connectivity index (χ3v) is 17.9. The fourth-order valence-electron chi connectivity index (χ4n) is 11.6. The van der Waals surface area contributed by atoms with Gasteiger partial charge in [0.05, 0.1) is 48.2 Å². The molecule has 8 aromatic rings. The molecule has 8 rings (SSSR count). The van der Waals surface area contributed by atoms with Gasteiger partial charge in [0.1, 0.15) is 46.0 Å². The van der Waals surface area contributed by atoms with E-state index in [1.165, 1.54) is 152 Å². The van der Waals surface area contributed by atoms with Crippen molar-refractivity contribution in [1.29, 1.82) is 0 Å². The topological polar surface area (TPSA) is 125 Å². The number of carbonyl (C=O) groups excluding carboxylic acids is 3. The lowest BCUT2D eigenvalue weighted by Gasteiger charge is -2.15. The first-order valence-corrected chi connectivity index (χ1v) is 39.0. The molecule has 103 heavy (non-hydrogen) atoms. The zero-order chi connectivity index (χ0) is 73.5. The van der Waals surface area contributed by atoms with Crippen molar-refractivity contribution >= 4 is 17.9 Å². The Hall–Kier alpha value is -8.83. The van der Waals surface area contributed by atoms with Crippen LogP contribution in [0.3, 0.4) is 0 Å². The highest BCUT2D eigenvalue weighted by Gasteiger charge is 2.15. The van der Waals surface area contributed by atoms with Gasteiger partial charge in [-0.1, -0.05) is 223 Å². The first-order chi connectivity index (χ1) is 50.2. The smallest absolute Gasteiger partial charge is 0.343 e. The first kappa shape index (κ1) is 83.1. The van der Waals surface area contributed by atoms with Crippen molar-refractivity contribution in [2.45, 2.75) is 254 Å². The fraction of sp³-hybridized carbons (Fsp3) is 0.446. The second kappa shape index (κ2) is 49.7. The monoisotopic (exact) mass is 1400 g/mol. The standard InChI is InChI=1S/C36H46O6.C28H32O3.C28H42O2/c1-4-6-8-10-11-13-27-39-31-19-15-29(16-20-31)35(37)41-33-21-17-30(18-22-33)36(38)42-34-25-23-32(24-26-34)40-28(3)14-12-9-7-5-2;1-4-5-6-7-8-22(3)30-26-19-15-25(16-20-26)28(29)31-27-17-13-24(14-18-27)23-11-9-21(2)10-12-23;1-4-6-8-10-11-13-23-29-27-19-15-25(16-20-27)26-17-21-28(22-18-26)30-24(3)14-12-9-7-5-2/h15-26,28H,4-14,27H2,1-3H3;9-20,22H,4-8H2,1-3H3;15-22,24H,4-14,23H2,1-3H3. The summed E-state index contributed by atoms with van der Waals surface area (Å²) in [7, 11) is 0. The van der Waals surface area contributed by atoms with Crippen molar-refractivity contribution in [3.63, 3.8) is 0 Å². The molecular weight excluding hydrogens is 1280 g/mol. The molecule has 0 heterocycles. The molecule has 0 bridgehead atoms. The summed E-state index contributed by atoms with van der Waals surface area (Å²) in [5.74, 6) is 4.13. The van der Waals surface area contributed by atoms with Gasteiger partial charge in [-0.05, 0) is 235 Å². The van der Waals surface area contributed by atoms with Crippen molar-refractivity contribution in [3.8, 4) is 68.2 Å². The fourth-order valence-corrected chi connectivity index (χ4v) is 11.6. The van der Waals surface area contributed by atoms with E-state index in [1.54, 1.807) is 72.8 Å². The molecule has 0 aliphatic carbocycles. The van der Waals surface area contributed by atoms with Gasteiger partial charge in [-0.2, -0.15) is 0 Å². The number of benzene rings is 8. The van der Waals surface area contributed by atoms with Crippen molar-refractivity contribution in [2.24, 2.45) is 0 Å². The van der Waals surface area contributed by atoms with Crippen molar-refractivity contribution in [3.05, 3.63) is 216 Å². The van der Waals surface area contributed by atoms with Crippen LogP contribution in [0, 0.1) is 6.92 Å². The number of esters is 3. The quantitative estimate of drug-likeness (QED) is 0.0206. The number of unbranched alkanes of at least 4 members (excludes halogenated alkanes) is 19. The van der Waals surface area contributed by atoms with E-state index in [2.05, 4.69) is 135 Å². The predicted octanol–water partition coefficient (Wildman–Crippen LogP) is 26.1. The summed E-state index contributed by atoms with van der Waals surface area (Å²) in [6.07, 6.45) is 33.7. The minimum Gasteiger partial charge on any atom is -0.494 e. The zero-order valence-corrected chi connectivity index (χ0v) is 63.7. The average molecular weight is 1400 g/mol. The molecule has 11 heteroatoms. The van der Waals surface area contributed by atoms with Gasteiger partial charge >= 0.3 is 17.9 Å². The molecule has 0 aromatic heterocycles. The average Bonchev–Trinajstić information content (AvgIpc) is 0.864. The van der Waals surface area contributed by atoms with Crippen molar-refractivity contribution < 1.29 is 52.3 Å². The van der Waals surface area contributed by atoms with Gasteiger partial charge in [0.15, 0.2) is 0 Å². The molecule has 0 aliphatic heterocycles. The van der Waals surface area contributed by atoms with Crippen LogP contribution in [0.5, 0.6) is 46.0 Å². The summed E-state index contributed by atoms with van der Waals surface area (Å²) in [5.41, 5.74) is 7.15. The largest absolute Gasteiger partial charge is 0.494 e. The van der Waals surface area contributed by atoms with Crippen LogP contribution in [0.25, 0.3) is 22.3 Å². The Morgan fingerprint density at radius 2 is 0.466 bits per heavy atom. The van der Waals surface area contributed by atoms with Crippen LogP contribution < -0.4 is 37.9 Å². The number of carbonyl (C=O) groups is 3. The van der Waals surface area contributed by atoms with E-state index in [-0.39, 0.29) is 24.3 Å². The molecule has 0 aliphatic rings. The highest BCUT2D eigenvalue weighted by molar-refractivity contribution is 5.93. The van der Waals surface area contributed by atoms with Crippen LogP contribution in [0.2, 0.25) is 0 Å². The molecular formula is C92H120O11. The van der Waals surface area contributed by atoms with E-state index < -0.39 is 11.9 Å². The maximum atomic E-state index is 12.6. The first-order valence-electron chi connectivity index (χ1n) is 39.0. The van der Waals surface area contributed by atoms with Gasteiger partial charge in [0, 0.05) is 0 Å². The van der Waals surface area contributed by atoms with E-state index in [1.807, 2.05) is 48.5 Å². The van der Waals surface area contributed by atoms with Crippen molar-refractivity contribution in [2.75, 3.05) is 13.2 Å². The van der Waals surface area contributed by atoms with Crippen LogP contribution in [-0.4, -0.2) is 49.4 Å². The molecule has 0 amide bonds. The third kappa shape index (κ3) is 33.9. The second-order valence-electron chi connectivity index (χ2n) is 27.2. The third-order valence-electron chi connectivity index (χ3n) is 17.9. The number of ether oxygens (including phenoxy) is 8. The maximum absolute atomic E-state index is 12.6. The molecule has 0 spiro atoms. The molecule has 0 radical (unpaired) electrons. The van der Waals surface area contributed by atoms with E-state index in [0.717, 1.165) is 85.0 Å². The molecule has 3 unspecified atom stereocenters. The minimum atomic E-state index is -0.498. The van der Waals surface area contributed by atoms with Crippen LogP contribution in [0.4, 0.5) is 0 Å². The van der Waals surface area contributed by atoms with Gasteiger partial charge in [-0.15, -0.1) is 0 Å². The number of aryl methyl sites for hydroxylation is 1. The SMILES string of the molecule is CCCCCCC(C)Oc1ccc(C(=O)Oc2ccc(-c3ccc(C)cc3)cc2)cc1.CCCCCCCCOc1ccc(-c2ccc(OC(C)CCCCCC)cc2)cc1.CCCCCCCCOc1ccc(C(=O)Oc2ccc(C(=O)Oc3ccc(OC(C)CCCCCC)cc3)cc2)cc1. The van der Waals surface area contributed by atoms with Gasteiger partial charge in [-0.3, -0.25) is 0 Å². The normalized spacial score (nSPS) is 11.7. The van der Waals surface area contributed by atoms with E-state index in [9.17, 15) is 14.4 Å². The molecule has 0 saturated carbocycles. The molecule has 0 N–H and O–H groups in total. The van der Waals surface area contributed by atoms with Gasteiger partial charge in [0.25, 0.3) is 0 Å². The Bertz CT molecular complexity index is 3530. The highest BCUT2D eigenvalue weighted by Crippen LogP contribution is 2.29. The molecule has 0 fully saturated rings. The van der Waals surface area contributed by atoms with Gasteiger partial charge in [-0.25, -0.2) is 14.4 Å². The number of hydrogen-bond donors (Lipinski definition) is 0. The van der Waals surface area contributed by atoms with Crippen LogP contribution in [0.1, 0.15) is 265 Å². The Labute approximate surface area is 618 Å². The Kier molecular flexibility index (Phi) is 40.1. The summed E-state index contributed by atoms with van der Waals surface area (Å²) in [6, 6.07) is 60.3. The minimum absolute atomic E-state index is 0.135. The zero-order valence-electron chi connectivity index (χ0n) is 63.7. The molecule has 8 aromatic carbocycles. The van der Waals surface area contributed by atoms with Crippen LogP contribution in [0.15, 0.2) is 194 Å². The summed E-state index contributed by atoms with van der Waals surface area (Å²) < 4.78 is 46.2. The van der Waals surface area contributed by atoms with E-state index in [0.29, 0.717) is 40.5 Å². The highest BCUT2D eigenvalue weighted by atomic mass is 16.5. The lowest BCUT2D eigenvalue weighted by molar-refractivity contribution is 0.0723. The summed E-state index contributed by atoms with van der Waals surface area (Å²) in [5, 5.41) is 0. The number of rotatable bonds is 45. The molecule has 0 saturated heterocycles.